The fourth-order valence-electron chi connectivity index (χ4n) is 1.84. The number of halogens is 3. The molecule has 2 rings (SSSR count). The number of nitrogens with zero attached hydrogens (tertiary/aromatic N) is 1. The van der Waals surface area contributed by atoms with Crippen LogP contribution in [0.5, 0.6) is 0 Å². The van der Waals surface area contributed by atoms with Crippen LogP contribution in [0.3, 0.4) is 0 Å². The van der Waals surface area contributed by atoms with E-state index in [9.17, 15) is 22.8 Å². The summed E-state index contributed by atoms with van der Waals surface area (Å²) in [6, 6.07) is 2.80. The Bertz CT molecular complexity index is 787. The van der Waals surface area contributed by atoms with E-state index in [4.69, 9.17) is 5.84 Å². The first-order chi connectivity index (χ1) is 9.86. The highest BCUT2D eigenvalue weighted by molar-refractivity contribution is 5.93. The van der Waals surface area contributed by atoms with Crippen molar-refractivity contribution in [2.75, 3.05) is 0 Å². The van der Waals surface area contributed by atoms with Crippen molar-refractivity contribution < 1.29 is 18.0 Å². The summed E-state index contributed by atoms with van der Waals surface area (Å²) in [5.41, 5.74) is 0.690. The molecule has 8 heteroatoms. The van der Waals surface area contributed by atoms with Crippen LogP contribution in [-0.2, 0) is 0 Å². The van der Waals surface area contributed by atoms with Gasteiger partial charge in [-0.05, 0) is 19.1 Å². The molecule has 1 aromatic heterocycles. The Kier molecular flexibility index (Phi) is 3.81. The molecule has 0 saturated heterocycles. The van der Waals surface area contributed by atoms with E-state index in [1.54, 1.807) is 5.43 Å². The molecule has 0 aliphatic rings. The van der Waals surface area contributed by atoms with Gasteiger partial charge in [-0.25, -0.2) is 19.0 Å². The molecule has 1 heterocycles. The number of hydrazine groups is 1. The van der Waals surface area contributed by atoms with Gasteiger partial charge >= 0.3 is 0 Å². The van der Waals surface area contributed by atoms with Crippen molar-refractivity contribution in [3.63, 3.8) is 0 Å². The number of carbonyl (C=O) groups excluding carboxylic acids is 1. The Balaban J connectivity index is 2.73. The lowest BCUT2D eigenvalue weighted by Crippen LogP contribution is -2.34. The molecule has 0 saturated carbocycles. The minimum Gasteiger partial charge on any atom is -0.317 e. The third-order valence-electron chi connectivity index (χ3n) is 2.89. The number of amides is 1. The molecule has 2 aromatic rings. The molecular weight excluding hydrogens is 287 g/mol. The third kappa shape index (κ3) is 2.52. The molecule has 0 unspecified atom stereocenters. The summed E-state index contributed by atoms with van der Waals surface area (Å²) in [6.07, 6.45) is 1.01. The highest BCUT2D eigenvalue weighted by atomic mass is 19.2. The van der Waals surface area contributed by atoms with Crippen molar-refractivity contribution in [3.8, 4) is 5.69 Å². The van der Waals surface area contributed by atoms with Crippen LogP contribution in [0, 0.1) is 24.4 Å². The van der Waals surface area contributed by atoms with Gasteiger partial charge in [0, 0.05) is 18.0 Å². The number of aromatic nitrogens is 1. The largest absolute Gasteiger partial charge is 0.317 e. The summed E-state index contributed by atoms with van der Waals surface area (Å²) in [7, 11) is 0. The zero-order chi connectivity index (χ0) is 15.7. The van der Waals surface area contributed by atoms with Gasteiger partial charge in [-0.15, -0.1) is 0 Å². The number of nitrogens with two attached hydrogens (primary N) is 1. The van der Waals surface area contributed by atoms with E-state index in [2.05, 4.69) is 0 Å². The highest BCUT2D eigenvalue weighted by Gasteiger charge is 2.18. The lowest BCUT2D eigenvalue weighted by molar-refractivity contribution is 0.0952. The van der Waals surface area contributed by atoms with Gasteiger partial charge in [-0.3, -0.25) is 15.0 Å². The van der Waals surface area contributed by atoms with Gasteiger partial charge in [0.15, 0.2) is 22.9 Å². The van der Waals surface area contributed by atoms with Gasteiger partial charge < -0.3 is 4.57 Å². The van der Waals surface area contributed by atoms with Crippen LogP contribution in [0.25, 0.3) is 5.69 Å². The van der Waals surface area contributed by atoms with Crippen molar-refractivity contribution in [2.24, 2.45) is 5.84 Å². The van der Waals surface area contributed by atoms with Crippen LogP contribution in [0.15, 0.2) is 29.2 Å². The molecule has 0 atom stereocenters. The molecule has 0 aliphatic carbocycles. The summed E-state index contributed by atoms with van der Waals surface area (Å²) < 4.78 is 41.1. The van der Waals surface area contributed by atoms with Crippen LogP contribution < -0.4 is 16.7 Å². The molecule has 110 valence electrons. The van der Waals surface area contributed by atoms with Crippen LogP contribution in [0.1, 0.15) is 16.1 Å². The number of hydrogen-bond acceptors (Lipinski definition) is 3. The molecular formula is C13H10F3N3O2. The first-order valence-electron chi connectivity index (χ1n) is 5.75. The van der Waals surface area contributed by atoms with E-state index < -0.39 is 28.8 Å². The minimum atomic E-state index is -1.64. The SMILES string of the molecule is Cc1cc(=O)c(C(=O)NN)cn1-c1ccc(F)c(F)c1F. The standard InChI is InChI=1S/C13H10F3N3O2/c1-6-4-10(20)7(13(21)18-17)5-19(6)9-3-2-8(14)11(15)12(9)16/h2-5H,17H2,1H3,(H,18,21). The summed E-state index contributed by atoms with van der Waals surface area (Å²) in [5, 5.41) is 0. The second kappa shape index (κ2) is 5.41. The average molecular weight is 297 g/mol. The number of nitrogens with one attached hydrogen (secondary N) is 1. The first kappa shape index (κ1) is 14.8. The number of nitrogen functional groups attached to an aromatic ring is 1. The smallest absolute Gasteiger partial charge is 0.270 e. The van der Waals surface area contributed by atoms with Gasteiger partial charge in [0.25, 0.3) is 5.91 Å². The normalized spacial score (nSPS) is 10.5. The van der Waals surface area contributed by atoms with Crippen molar-refractivity contribution in [1.82, 2.24) is 9.99 Å². The molecule has 0 radical (unpaired) electrons. The Hall–Kier alpha value is -2.61. The number of carbonyl (C=O) groups is 1. The fraction of sp³-hybridized carbons (Fsp3) is 0.0769. The number of hydrogen-bond donors (Lipinski definition) is 2. The fourth-order valence-corrected chi connectivity index (χ4v) is 1.84. The van der Waals surface area contributed by atoms with E-state index in [0.717, 1.165) is 29.0 Å². The van der Waals surface area contributed by atoms with Gasteiger partial charge in [0.05, 0.1) is 5.69 Å². The van der Waals surface area contributed by atoms with E-state index >= 15 is 0 Å². The Morgan fingerprint density at radius 2 is 1.90 bits per heavy atom. The molecule has 0 bridgehead atoms. The molecule has 0 aliphatic heterocycles. The lowest BCUT2D eigenvalue weighted by atomic mass is 10.2. The maximum atomic E-state index is 13.8. The van der Waals surface area contributed by atoms with Crippen LogP contribution >= 0.6 is 0 Å². The van der Waals surface area contributed by atoms with Gasteiger partial charge in [-0.2, -0.15) is 0 Å². The van der Waals surface area contributed by atoms with Crippen molar-refractivity contribution in [1.29, 1.82) is 0 Å². The molecule has 0 fully saturated rings. The Labute approximate surface area is 116 Å². The number of benzene rings is 1. The summed E-state index contributed by atoms with van der Waals surface area (Å²) in [6.45, 7) is 1.45. The topological polar surface area (TPSA) is 77.1 Å². The van der Waals surface area contributed by atoms with E-state index in [1.165, 1.54) is 6.92 Å². The maximum absolute atomic E-state index is 13.8. The average Bonchev–Trinajstić information content (AvgIpc) is 2.45. The van der Waals surface area contributed by atoms with Crippen LogP contribution in [-0.4, -0.2) is 10.5 Å². The quantitative estimate of drug-likeness (QED) is 0.378. The predicted molar refractivity (Wildman–Crippen MR) is 68.3 cm³/mol. The maximum Gasteiger partial charge on any atom is 0.270 e. The summed E-state index contributed by atoms with van der Waals surface area (Å²) in [4.78, 5) is 23.1. The zero-order valence-corrected chi connectivity index (χ0v) is 10.8. The molecule has 5 nitrogen and oxygen atoms in total. The zero-order valence-electron chi connectivity index (χ0n) is 10.8. The van der Waals surface area contributed by atoms with E-state index in [0.29, 0.717) is 0 Å². The van der Waals surface area contributed by atoms with E-state index in [-0.39, 0.29) is 16.9 Å². The van der Waals surface area contributed by atoms with Crippen molar-refractivity contribution >= 4 is 5.91 Å². The molecule has 3 N–H and O–H groups in total. The first-order valence-corrected chi connectivity index (χ1v) is 5.75. The number of pyridine rings is 1. The van der Waals surface area contributed by atoms with Crippen molar-refractivity contribution in [2.45, 2.75) is 6.92 Å². The predicted octanol–water partition coefficient (Wildman–Crippen LogP) is 1.17. The van der Waals surface area contributed by atoms with Gasteiger partial charge in [0.1, 0.15) is 5.56 Å². The minimum absolute atomic E-state index is 0.235. The molecule has 1 amide bonds. The summed E-state index contributed by atoms with van der Waals surface area (Å²) >= 11 is 0. The van der Waals surface area contributed by atoms with Gasteiger partial charge in [-0.1, -0.05) is 0 Å². The molecule has 21 heavy (non-hydrogen) atoms. The number of aryl methyl sites for hydroxylation is 1. The highest BCUT2D eigenvalue weighted by Crippen LogP contribution is 2.20. The van der Waals surface area contributed by atoms with Crippen LogP contribution in [0.4, 0.5) is 13.2 Å². The summed E-state index contributed by atoms with van der Waals surface area (Å²) in [5.74, 6) is -0.347. The second-order valence-electron chi connectivity index (χ2n) is 4.23. The van der Waals surface area contributed by atoms with Crippen molar-refractivity contribution in [3.05, 3.63) is 63.3 Å². The Morgan fingerprint density at radius 1 is 1.24 bits per heavy atom. The Morgan fingerprint density at radius 3 is 2.52 bits per heavy atom. The third-order valence-corrected chi connectivity index (χ3v) is 2.89. The second-order valence-corrected chi connectivity index (χ2v) is 4.23. The lowest BCUT2D eigenvalue weighted by Gasteiger charge is -2.13. The van der Waals surface area contributed by atoms with E-state index in [1.807, 2.05) is 0 Å². The number of rotatable bonds is 2. The molecule has 1 aromatic carbocycles. The van der Waals surface area contributed by atoms with Crippen LogP contribution in [0.2, 0.25) is 0 Å². The van der Waals surface area contributed by atoms with Gasteiger partial charge in [0.2, 0.25) is 0 Å². The molecule has 0 spiro atoms. The monoisotopic (exact) mass is 297 g/mol.